The average Bonchev–Trinajstić information content (AvgIpc) is 3.38. The summed E-state index contributed by atoms with van der Waals surface area (Å²) in [7, 11) is 0. The zero-order valence-electron chi connectivity index (χ0n) is 23.2. The highest BCUT2D eigenvalue weighted by Gasteiger charge is 2.39. The van der Waals surface area contributed by atoms with Crippen LogP contribution in [0.5, 0.6) is 0 Å². The van der Waals surface area contributed by atoms with Gasteiger partial charge in [-0.2, -0.15) is 39.5 Å². The highest BCUT2D eigenvalue weighted by Crippen LogP contribution is 2.40. The van der Waals surface area contributed by atoms with Crippen molar-refractivity contribution in [1.29, 1.82) is 0 Å². The summed E-state index contributed by atoms with van der Waals surface area (Å²) in [6, 6.07) is 5.77. The number of anilines is 2. The van der Waals surface area contributed by atoms with E-state index in [1.807, 2.05) is 0 Å². The van der Waals surface area contributed by atoms with Crippen molar-refractivity contribution in [1.82, 2.24) is 15.0 Å². The number of imidazole rings is 1. The third-order valence-electron chi connectivity index (χ3n) is 7.60. The zero-order valence-corrected chi connectivity index (χ0v) is 23.2. The van der Waals surface area contributed by atoms with Crippen LogP contribution in [0.3, 0.4) is 0 Å². The summed E-state index contributed by atoms with van der Waals surface area (Å²) in [5, 5.41) is 10.0. The average molecular weight is 632 g/mol. The Morgan fingerprint density at radius 2 is 1.57 bits per heavy atom. The summed E-state index contributed by atoms with van der Waals surface area (Å²) in [6.45, 7) is 3.58. The minimum absolute atomic E-state index is 0.0121. The Hall–Kier alpha value is -4.01. The summed E-state index contributed by atoms with van der Waals surface area (Å²) in [4.78, 5) is 14.5. The molecule has 2 aromatic heterocycles. The summed E-state index contributed by atoms with van der Waals surface area (Å²) < 4.78 is 122. The SMILES string of the molecule is CCC(O)c1cnc(N2CCN(c3nc4cc(C(F)(F)F)cc(-c5ccc(C(F)(F)F)cc5)c4[nH]3)[C@H](C)C2)c(C(F)(F)F)c1. The van der Waals surface area contributed by atoms with E-state index in [0.29, 0.717) is 0 Å². The van der Waals surface area contributed by atoms with Gasteiger partial charge in [-0.3, -0.25) is 0 Å². The minimum atomic E-state index is -4.77. The van der Waals surface area contributed by atoms with E-state index in [-0.39, 0.29) is 65.5 Å². The maximum atomic E-state index is 14.0. The number of aromatic nitrogens is 3. The van der Waals surface area contributed by atoms with E-state index in [9.17, 15) is 44.6 Å². The molecule has 3 heterocycles. The van der Waals surface area contributed by atoms with Crippen LogP contribution in [0.15, 0.2) is 48.7 Å². The van der Waals surface area contributed by atoms with Crippen LogP contribution in [-0.4, -0.2) is 45.7 Å². The maximum absolute atomic E-state index is 14.0. The van der Waals surface area contributed by atoms with E-state index < -0.39 is 47.4 Å². The zero-order chi connectivity index (χ0) is 32.2. The van der Waals surface area contributed by atoms with Crippen molar-refractivity contribution in [2.24, 2.45) is 0 Å². The van der Waals surface area contributed by atoms with E-state index in [2.05, 4.69) is 15.0 Å². The molecule has 0 amide bonds. The number of fused-ring (bicyclic) bond motifs is 1. The minimum Gasteiger partial charge on any atom is -0.388 e. The van der Waals surface area contributed by atoms with Crippen LogP contribution in [0.25, 0.3) is 22.2 Å². The van der Waals surface area contributed by atoms with Gasteiger partial charge in [-0.15, -0.1) is 0 Å². The Labute approximate surface area is 245 Å². The largest absolute Gasteiger partial charge is 0.419 e. The van der Waals surface area contributed by atoms with E-state index in [1.54, 1.807) is 18.7 Å². The van der Waals surface area contributed by atoms with Crippen LogP contribution in [0.1, 0.15) is 48.6 Å². The fourth-order valence-electron chi connectivity index (χ4n) is 5.28. The fourth-order valence-corrected chi connectivity index (χ4v) is 5.28. The molecule has 0 bridgehead atoms. The number of halogens is 9. The highest BCUT2D eigenvalue weighted by atomic mass is 19.4. The van der Waals surface area contributed by atoms with Crippen LogP contribution in [-0.2, 0) is 18.5 Å². The number of aliphatic hydroxyl groups excluding tert-OH is 1. The first-order chi connectivity index (χ1) is 20.5. The number of rotatable bonds is 5. The molecule has 0 spiro atoms. The molecule has 1 fully saturated rings. The first kappa shape index (κ1) is 31.4. The molecule has 0 saturated carbocycles. The smallest absolute Gasteiger partial charge is 0.388 e. The van der Waals surface area contributed by atoms with Crippen LogP contribution >= 0.6 is 0 Å². The molecule has 1 unspecified atom stereocenters. The van der Waals surface area contributed by atoms with Crippen molar-refractivity contribution < 1.29 is 44.6 Å². The van der Waals surface area contributed by atoms with Crippen LogP contribution in [0, 0.1) is 0 Å². The Kier molecular flexibility index (Phi) is 7.97. The van der Waals surface area contributed by atoms with Gasteiger partial charge in [0.15, 0.2) is 0 Å². The van der Waals surface area contributed by atoms with E-state index in [1.165, 1.54) is 11.1 Å². The Balaban J connectivity index is 1.48. The van der Waals surface area contributed by atoms with Gasteiger partial charge in [0, 0.05) is 37.4 Å². The highest BCUT2D eigenvalue weighted by molar-refractivity contribution is 5.94. The third-order valence-corrected chi connectivity index (χ3v) is 7.60. The van der Waals surface area contributed by atoms with Crippen molar-refractivity contribution >= 4 is 22.8 Å². The lowest BCUT2D eigenvalue weighted by Crippen LogP contribution is -2.53. The molecule has 5 rings (SSSR count). The molecule has 1 saturated heterocycles. The first-order valence-electron chi connectivity index (χ1n) is 13.5. The molecular weight excluding hydrogens is 605 g/mol. The van der Waals surface area contributed by atoms with Gasteiger partial charge in [0.1, 0.15) is 5.82 Å². The monoisotopic (exact) mass is 631 g/mol. The summed E-state index contributed by atoms with van der Waals surface area (Å²) in [5.41, 5.74) is -2.78. The van der Waals surface area contributed by atoms with Gasteiger partial charge in [0.25, 0.3) is 0 Å². The Morgan fingerprint density at radius 3 is 2.14 bits per heavy atom. The van der Waals surface area contributed by atoms with Gasteiger partial charge in [-0.25, -0.2) is 9.97 Å². The maximum Gasteiger partial charge on any atom is 0.419 e. The fraction of sp³-hybridized carbons (Fsp3) is 0.379. The molecule has 6 nitrogen and oxygen atoms in total. The van der Waals surface area contributed by atoms with E-state index in [4.69, 9.17) is 0 Å². The number of hydrogen-bond donors (Lipinski definition) is 2. The van der Waals surface area contributed by atoms with Crippen LogP contribution in [0.4, 0.5) is 51.3 Å². The van der Waals surface area contributed by atoms with Crippen molar-refractivity contribution in [3.05, 3.63) is 70.9 Å². The molecule has 2 atom stereocenters. The normalized spacial score (nSPS) is 17.4. The number of hydrogen-bond acceptors (Lipinski definition) is 5. The second kappa shape index (κ2) is 11.2. The lowest BCUT2D eigenvalue weighted by atomic mass is 9.99. The molecule has 0 aliphatic carbocycles. The first-order valence-corrected chi connectivity index (χ1v) is 13.5. The van der Waals surface area contributed by atoms with Crippen molar-refractivity contribution in [3.63, 3.8) is 0 Å². The van der Waals surface area contributed by atoms with Crippen molar-refractivity contribution in [2.75, 3.05) is 29.4 Å². The number of alkyl halides is 9. The van der Waals surface area contributed by atoms with Gasteiger partial charge in [0.2, 0.25) is 5.95 Å². The van der Waals surface area contributed by atoms with E-state index in [0.717, 1.165) is 42.5 Å². The standard InChI is InChI=1S/C29H26F9N5O/c1-3-23(44)17-10-21(29(36,37)38)25(39-13-17)42-8-9-43(15(2)14-42)26-40-22-12-19(28(33,34)35)11-20(24(22)41-26)16-4-6-18(7-5-16)27(30,31)32/h4-7,10-13,15,23,44H,3,8-9,14H2,1-2H3,(H,40,41)/t15-,23?/m1/s1. The van der Waals surface area contributed by atoms with Crippen LogP contribution in [0.2, 0.25) is 0 Å². The number of benzene rings is 2. The summed E-state index contributed by atoms with van der Waals surface area (Å²) in [6.07, 6.45) is -13.8. The lowest BCUT2D eigenvalue weighted by Gasteiger charge is -2.41. The summed E-state index contributed by atoms with van der Waals surface area (Å²) in [5.74, 6) is -0.148. The molecule has 4 aromatic rings. The molecular formula is C29H26F9N5O. The number of aromatic amines is 1. The topological polar surface area (TPSA) is 68.3 Å². The Morgan fingerprint density at radius 1 is 0.909 bits per heavy atom. The van der Waals surface area contributed by atoms with Gasteiger partial charge in [-0.1, -0.05) is 19.1 Å². The van der Waals surface area contributed by atoms with Gasteiger partial charge in [-0.05, 0) is 54.8 Å². The predicted octanol–water partition coefficient (Wildman–Crippen LogP) is 7.84. The lowest BCUT2D eigenvalue weighted by molar-refractivity contribution is -0.138. The number of nitrogens with one attached hydrogen (secondary N) is 1. The Bertz CT molecular complexity index is 1640. The second-order valence-corrected chi connectivity index (χ2v) is 10.6. The number of pyridine rings is 1. The van der Waals surface area contributed by atoms with Gasteiger partial charge >= 0.3 is 18.5 Å². The number of nitrogens with zero attached hydrogens (tertiary/aromatic N) is 4. The number of H-pyrrole nitrogens is 1. The number of piperazine rings is 1. The van der Waals surface area contributed by atoms with Gasteiger partial charge in [0.05, 0.1) is 33.8 Å². The van der Waals surface area contributed by atoms with Crippen molar-refractivity contribution in [2.45, 2.75) is 50.9 Å². The van der Waals surface area contributed by atoms with Crippen LogP contribution < -0.4 is 9.80 Å². The molecule has 2 N–H and O–H groups in total. The van der Waals surface area contributed by atoms with Gasteiger partial charge < -0.3 is 19.9 Å². The molecule has 15 heteroatoms. The predicted molar refractivity (Wildman–Crippen MR) is 145 cm³/mol. The molecule has 2 aromatic carbocycles. The molecule has 44 heavy (non-hydrogen) atoms. The second-order valence-electron chi connectivity index (χ2n) is 10.6. The van der Waals surface area contributed by atoms with Crippen molar-refractivity contribution in [3.8, 4) is 11.1 Å². The summed E-state index contributed by atoms with van der Waals surface area (Å²) >= 11 is 0. The number of aliphatic hydroxyl groups is 1. The van der Waals surface area contributed by atoms with E-state index >= 15 is 0 Å². The quantitative estimate of drug-likeness (QED) is 0.220. The third kappa shape index (κ3) is 6.14. The molecule has 1 aliphatic rings. The molecule has 0 radical (unpaired) electrons. The molecule has 1 aliphatic heterocycles. The molecule has 236 valence electrons.